The lowest BCUT2D eigenvalue weighted by Gasteiger charge is -2.34. The Bertz CT molecular complexity index is 2410. The molecule has 0 aliphatic rings. The largest absolute Gasteiger partial charge is 0.249 e. The van der Waals surface area contributed by atoms with Crippen LogP contribution in [0.3, 0.4) is 0 Å². The van der Waals surface area contributed by atoms with Crippen molar-refractivity contribution in [1.82, 2.24) is 0 Å². The Morgan fingerprint density at radius 3 is 0.661 bits per heavy atom. The van der Waals surface area contributed by atoms with Gasteiger partial charge in [0.2, 0.25) is 7.38 Å². The van der Waals surface area contributed by atoms with Crippen LogP contribution in [0, 0.1) is 0 Å². The van der Waals surface area contributed by atoms with E-state index in [4.69, 9.17) is 11.1 Å². The van der Waals surface area contributed by atoms with Crippen LogP contribution in [0.4, 0.5) is 0 Å². The molecule has 0 aliphatic heterocycles. The highest BCUT2D eigenvalue weighted by molar-refractivity contribution is 7.41. The summed E-state index contributed by atoms with van der Waals surface area (Å²) in [5, 5.41) is 3.45. The lowest BCUT2D eigenvalue weighted by molar-refractivity contribution is 1.58. The molecule has 9 aromatic carbocycles. The molecule has 0 saturated heterocycles. The van der Waals surface area contributed by atoms with Gasteiger partial charge in [-0.2, -0.15) is 0 Å². The first-order chi connectivity index (χ1) is 27.7. The van der Waals surface area contributed by atoms with Gasteiger partial charge >= 0.3 is 0 Å². The molecule has 0 aromatic heterocycles. The van der Waals surface area contributed by atoms with Crippen LogP contribution in [-0.2, 0) is 0 Å². The van der Waals surface area contributed by atoms with Gasteiger partial charge in [0.25, 0.3) is 0 Å². The van der Waals surface area contributed by atoms with Gasteiger partial charge in [-0.3, -0.25) is 0 Å². The van der Waals surface area contributed by atoms with E-state index in [0.29, 0.717) is 0 Å². The van der Waals surface area contributed by atoms with Crippen LogP contribution in [0.1, 0.15) is 0 Å². The molecule has 2 heteroatoms. The fourth-order valence-corrected chi connectivity index (χ4v) is 13.1. The van der Waals surface area contributed by atoms with E-state index in [9.17, 15) is 0 Å². The minimum Gasteiger partial charge on any atom is -0.149 e. The zero-order valence-corrected chi connectivity index (χ0v) is 32.7. The molecule has 0 nitrogen and oxygen atoms in total. The summed E-state index contributed by atoms with van der Waals surface area (Å²) in [7, 11) is -3.58. The molecular formula is C54H39ClSi. The summed E-state index contributed by atoms with van der Waals surface area (Å²) < 4.78 is 0. The normalized spacial score (nSPS) is 11.3. The maximum absolute atomic E-state index is 9.10. The summed E-state index contributed by atoms with van der Waals surface area (Å²) in [6.07, 6.45) is 0. The van der Waals surface area contributed by atoms with Crippen LogP contribution >= 0.6 is 11.1 Å². The average molecular weight is 751 g/mol. The molecule has 56 heavy (non-hydrogen) atoms. The third-order valence-electron chi connectivity index (χ3n) is 10.7. The van der Waals surface area contributed by atoms with Gasteiger partial charge in [-0.15, -0.1) is 11.1 Å². The lowest BCUT2D eigenvalue weighted by atomic mass is 9.99. The van der Waals surface area contributed by atoms with Gasteiger partial charge in [0.1, 0.15) is 0 Å². The number of hydrogen-bond acceptors (Lipinski definition) is 0. The highest BCUT2D eigenvalue weighted by atomic mass is 35.6. The van der Waals surface area contributed by atoms with Gasteiger partial charge in [0.05, 0.1) is 0 Å². The number of halogens is 1. The van der Waals surface area contributed by atoms with E-state index in [1.807, 2.05) is 0 Å². The van der Waals surface area contributed by atoms with Gasteiger partial charge in [-0.05, 0) is 82.3 Å². The first-order valence-electron chi connectivity index (χ1n) is 19.1. The Kier molecular flexibility index (Phi) is 9.86. The molecular weight excluding hydrogens is 712 g/mol. The summed E-state index contributed by atoms with van der Waals surface area (Å²) in [6.45, 7) is 0. The second kappa shape index (κ2) is 15.7. The summed E-state index contributed by atoms with van der Waals surface area (Å²) in [6, 6.07) is 85.1. The lowest BCUT2D eigenvalue weighted by Crippen LogP contribution is -2.64. The molecule has 0 spiro atoms. The van der Waals surface area contributed by atoms with Crippen molar-refractivity contribution >= 4 is 34.0 Å². The minimum atomic E-state index is -3.58. The van der Waals surface area contributed by atoms with Crippen molar-refractivity contribution in [2.75, 3.05) is 0 Å². The van der Waals surface area contributed by atoms with E-state index >= 15 is 0 Å². The molecule has 0 atom stereocenters. The van der Waals surface area contributed by atoms with E-state index in [0.717, 1.165) is 82.3 Å². The molecule has 0 bridgehead atoms. The molecule has 0 saturated carbocycles. The van der Waals surface area contributed by atoms with Crippen molar-refractivity contribution < 1.29 is 0 Å². The smallest absolute Gasteiger partial charge is 0.149 e. The standard InChI is InChI=1S/C54H39ClSi/c55-56(52-37-46(40-19-7-1-8-20-40)31-34-49(52)43-25-13-4-14-26-43,53-38-47(41-21-9-2-10-22-41)32-35-50(53)44-27-15-5-16-28-44)54-39-48(42-23-11-3-12-24-42)33-36-51(54)45-29-17-6-18-30-45/h1-39H. The van der Waals surface area contributed by atoms with Crippen molar-refractivity contribution in [3.05, 3.63) is 237 Å². The molecule has 0 N–H and O–H groups in total. The third kappa shape index (κ3) is 6.84. The quantitative estimate of drug-likeness (QED) is 0.0783. The van der Waals surface area contributed by atoms with Crippen LogP contribution < -0.4 is 15.6 Å². The van der Waals surface area contributed by atoms with Crippen LogP contribution in [0.5, 0.6) is 0 Å². The molecule has 0 amide bonds. The summed E-state index contributed by atoms with van der Waals surface area (Å²) in [5.41, 5.74) is 13.7. The molecule has 9 rings (SSSR count). The summed E-state index contributed by atoms with van der Waals surface area (Å²) in [4.78, 5) is 0. The molecule has 266 valence electrons. The molecule has 0 unspecified atom stereocenters. The Morgan fingerprint density at radius 2 is 0.429 bits per heavy atom. The van der Waals surface area contributed by atoms with Crippen molar-refractivity contribution in [3.8, 4) is 66.8 Å². The Morgan fingerprint density at radius 1 is 0.214 bits per heavy atom. The van der Waals surface area contributed by atoms with Crippen molar-refractivity contribution in [2.45, 2.75) is 0 Å². The Labute approximate surface area is 335 Å². The fourth-order valence-electron chi connectivity index (χ4n) is 7.96. The second-order valence-electron chi connectivity index (χ2n) is 14.1. The predicted molar refractivity (Wildman–Crippen MR) is 242 cm³/mol. The van der Waals surface area contributed by atoms with Gasteiger partial charge in [0.15, 0.2) is 0 Å². The number of rotatable bonds is 9. The maximum Gasteiger partial charge on any atom is 0.249 e. The molecule has 0 aliphatic carbocycles. The van der Waals surface area contributed by atoms with Crippen LogP contribution in [0.25, 0.3) is 66.8 Å². The van der Waals surface area contributed by atoms with Gasteiger partial charge < -0.3 is 0 Å². The van der Waals surface area contributed by atoms with Gasteiger partial charge in [0, 0.05) is 0 Å². The van der Waals surface area contributed by atoms with E-state index in [-0.39, 0.29) is 0 Å². The first-order valence-corrected chi connectivity index (χ1v) is 22.1. The van der Waals surface area contributed by atoms with Crippen molar-refractivity contribution in [3.63, 3.8) is 0 Å². The van der Waals surface area contributed by atoms with Gasteiger partial charge in [-0.1, -0.05) is 237 Å². The maximum atomic E-state index is 9.10. The highest BCUT2D eigenvalue weighted by Crippen LogP contribution is 2.35. The van der Waals surface area contributed by atoms with Crippen LogP contribution in [-0.4, -0.2) is 7.38 Å². The van der Waals surface area contributed by atoms with Crippen LogP contribution in [0.15, 0.2) is 237 Å². The van der Waals surface area contributed by atoms with Gasteiger partial charge in [-0.25, -0.2) is 0 Å². The molecule has 0 radical (unpaired) electrons. The van der Waals surface area contributed by atoms with Crippen molar-refractivity contribution in [2.24, 2.45) is 0 Å². The predicted octanol–water partition coefficient (Wildman–Crippen LogP) is 12.9. The van der Waals surface area contributed by atoms with E-state index in [1.54, 1.807) is 0 Å². The summed E-state index contributed by atoms with van der Waals surface area (Å²) >= 11 is 9.10. The molecule has 9 aromatic rings. The average Bonchev–Trinajstić information content (AvgIpc) is 3.30. The Hall–Kier alpha value is -6.51. The zero-order valence-electron chi connectivity index (χ0n) is 30.9. The van der Waals surface area contributed by atoms with E-state index in [1.165, 1.54) is 0 Å². The monoisotopic (exact) mass is 750 g/mol. The fraction of sp³-hybridized carbons (Fsp3) is 0. The van der Waals surface area contributed by atoms with Crippen LogP contribution in [0.2, 0.25) is 0 Å². The topological polar surface area (TPSA) is 0 Å². The highest BCUT2D eigenvalue weighted by Gasteiger charge is 2.44. The SMILES string of the molecule is Cl[Si](c1cc(-c2ccccc2)ccc1-c1ccccc1)(c1cc(-c2ccccc2)ccc1-c1ccccc1)c1cc(-c2ccccc2)ccc1-c1ccccc1. The second-order valence-corrected chi connectivity index (χ2v) is 18.8. The number of hydrogen-bond donors (Lipinski definition) is 0. The van der Waals surface area contributed by atoms with E-state index in [2.05, 4.69) is 237 Å². The van der Waals surface area contributed by atoms with Crippen molar-refractivity contribution in [1.29, 1.82) is 0 Å². The first kappa shape index (κ1) is 35.2. The minimum absolute atomic E-state index is 1.14. The third-order valence-corrected chi connectivity index (χ3v) is 16.0. The van der Waals surface area contributed by atoms with E-state index < -0.39 is 7.38 Å². The summed E-state index contributed by atoms with van der Waals surface area (Å²) in [5.74, 6) is 0. The number of benzene rings is 9. The molecule has 0 fully saturated rings. The zero-order chi connectivity index (χ0) is 37.7. The Balaban J connectivity index is 1.46. The molecule has 0 heterocycles.